The third kappa shape index (κ3) is 6.07. The Morgan fingerprint density at radius 3 is 2.69 bits per heavy atom. The average Bonchev–Trinajstić information content (AvgIpc) is 3.29. The summed E-state index contributed by atoms with van der Waals surface area (Å²) in [4.78, 5) is 15.0. The molecule has 186 valence electrons. The van der Waals surface area contributed by atoms with Gasteiger partial charge < -0.3 is 19.2 Å². The number of carbonyl (C=O) groups is 1. The summed E-state index contributed by atoms with van der Waals surface area (Å²) in [7, 11) is 0. The van der Waals surface area contributed by atoms with Crippen molar-refractivity contribution in [1.29, 1.82) is 0 Å². The van der Waals surface area contributed by atoms with Gasteiger partial charge in [0.1, 0.15) is 11.3 Å². The molecule has 7 heteroatoms. The molecule has 1 saturated heterocycles. The molecule has 0 unspecified atom stereocenters. The number of carbonyl (C=O) groups excluding carboxylic acids is 1. The highest BCUT2D eigenvalue weighted by Crippen LogP contribution is 2.40. The van der Waals surface area contributed by atoms with Crippen LogP contribution < -0.4 is 10.1 Å². The van der Waals surface area contributed by atoms with Crippen molar-refractivity contribution in [2.45, 2.75) is 27.2 Å². The van der Waals surface area contributed by atoms with Gasteiger partial charge in [0.2, 0.25) is 5.91 Å². The molecule has 6 nitrogen and oxygen atoms in total. The zero-order valence-corrected chi connectivity index (χ0v) is 21.4. The lowest BCUT2D eigenvalue weighted by atomic mass is 9.96. The SMILES string of the molecule is CCOc1c(/C(C)=C/C(=O)NCCCN2CCOCC2)cc2c(-c3ccc(Cl)cc3)coc2c1C. The van der Waals surface area contributed by atoms with E-state index in [4.69, 9.17) is 25.5 Å². The lowest BCUT2D eigenvalue weighted by molar-refractivity contribution is -0.116. The third-order valence-electron chi connectivity index (χ3n) is 6.31. The molecule has 0 bridgehead atoms. The number of nitrogens with zero attached hydrogens (tertiary/aromatic N) is 1. The largest absolute Gasteiger partial charge is 0.493 e. The van der Waals surface area contributed by atoms with Crippen LogP contribution in [-0.4, -0.2) is 56.8 Å². The molecule has 0 atom stereocenters. The molecule has 2 aromatic carbocycles. The predicted octanol–water partition coefficient (Wildman–Crippen LogP) is 5.70. The molecule has 0 spiro atoms. The van der Waals surface area contributed by atoms with Gasteiger partial charge in [0.25, 0.3) is 0 Å². The molecule has 35 heavy (non-hydrogen) atoms. The predicted molar refractivity (Wildman–Crippen MR) is 141 cm³/mol. The summed E-state index contributed by atoms with van der Waals surface area (Å²) < 4.78 is 17.4. The molecule has 3 aromatic rings. The first kappa shape index (κ1) is 25.3. The van der Waals surface area contributed by atoms with Gasteiger partial charge in [-0.15, -0.1) is 0 Å². The smallest absolute Gasteiger partial charge is 0.244 e. The Kier molecular flexibility index (Phi) is 8.50. The van der Waals surface area contributed by atoms with Gasteiger partial charge in [-0.1, -0.05) is 23.7 Å². The number of furan rings is 1. The molecule has 2 heterocycles. The van der Waals surface area contributed by atoms with Crippen LogP contribution in [0, 0.1) is 6.92 Å². The first-order valence-electron chi connectivity index (χ1n) is 12.2. The molecule has 1 fully saturated rings. The number of allylic oxidation sites excluding steroid dienone is 1. The summed E-state index contributed by atoms with van der Waals surface area (Å²) in [5.41, 5.74) is 5.41. The van der Waals surface area contributed by atoms with E-state index in [0.717, 1.165) is 83.8 Å². The van der Waals surface area contributed by atoms with E-state index in [-0.39, 0.29) is 5.91 Å². The molecule has 1 aromatic heterocycles. The molecule has 0 aliphatic carbocycles. The third-order valence-corrected chi connectivity index (χ3v) is 6.57. The number of nitrogens with one attached hydrogen (secondary N) is 1. The van der Waals surface area contributed by atoms with E-state index < -0.39 is 0 Å². The first-order chi connectivity index (χ1) is 17.0. The van der Waals surface area contributed by atoms with E-state index >= 15 is 0 Å². The average molecular weight is 497 g/mol. The fraction of sp³-hybridized carbons (Fsp3) is 0.393. The second-order valence-electron chi connectivity index (χ2n) is 8.77. The van der Waals surface area contributed by atoms with Crippen molar-refractivity contribution in [3.8, 4) is 16.9 Å². The number of fused-ring (bicyclic) bond motifs is 1. The Bertz CT molecular complexity index is 1190. The van der Waals surface area contributed by atoms with Crippen molar-refractivity contribution < 1.29 is 18.7 Å². The zero-order chi connectivity index (χ0) is 24.8. The Labute approximate surface area is 211 Å². The van der Waals surface area contributed by atoms with Gasteiger partial charge in [-0.3, -0.25) is 9.69 Å². The summed E-state index contributed by atoms with van der Waals surface area (Å²) >= 11 is 6.08. The Morgan fingerprint density at radius 1 is 1.23 bits per heavy atom. The van der Waals surface area contributed by atoms with Crippen molar-refractivity contribution >= 4 is 34.1 Å². The molecule has 0 radical (unpaired) electrons. The molecular formula is C28H33ClN2O4. The fourth-order valence-electron chi connectivity index (χ4n) is 4.46. The van der Waals surface area contributed by atoms with Crippen LogP contribution in [0.15, 0.2) is 47.1 Å². The van der Waals surface area contributed by atoms with Crippen LogP contribution in [0.1, 0.15) is 31.4 Å². The minimum atomic E-state index is -0.102. The number of hydrogen-bond acceptors (Lipinski definition) is 5. The molecule has 1 aliphatic rings. The minimum absolute atomic E-state index is 0.102. The van der Waals surface area contributed by atoms with E-state index in [9.17, 15) is 4.79 Å². The van der Waals surface area contributed by atoms with Gasteiger partial charge in [0, 0.05) is 52.8 Å². The van der Waals surface area contributed by atoms with Crippen molar-refractivity contribution in [1.82, 2.24) is 10.2 Å². The molecular weight excluding hydrogens is 464 g/mol. The highest BCUT2D eigenvalue weighted by Gasteiger charge is 2.19. The normalized spacial score (nSPS) is 14.9. The van der Waals surface area contributed by atoms with E-state index in [2.05, 4.69) is 16.3 Å². The topological polar surface area (TPSA) is 63.9 Å². The van der Waals surface area contributed by atoms with E-state index in [1.807, 2.05) is 45.0 Å². The molecule has 0 saturated carbocycles. The summed E-state index contributed by atoms with van der Waals surface area (Å²) in [5.74, 6) is 0.640. The second-order valence-corrected chi connectivity index (χ2v) is 9.21. The monoisotopic (exact) mass is 496 g/mol. The van der Waals surface area contributed by atoms with Crippen LogP contribution in [0.5, 0.6) is 5.75 Å². The highest BCUT2D eigenvalue weighted by molar-refractivity contribution is 6.30. The van der Waals surface area contributed by atoms with Crippen molar-refractivity contribution in [2.75, 3.05) is 46.0 Å². The van der Waals surface area contributed by atoms with Crippen molar-refractivity contribution in [3.05, 3.63) is 58.8 Å². The van der Waals surface area contributed by atoms with Gasteiger partial charge in [-0.2, -0.15) is 0 Å². The quantitative estimate of drug-likeness (QED) is 0.304. The number of hydrogen-bond donors (Lipinski definition) is 1. The van der Waals surface area contributed by atoms with Gasteiger partial charge in [0.05, 0.1) is 26.1 Å². The molecule has 4 rings (SSSR count). The van der Waals surface area contributed by atoms with Gasteiger partial charge in [-0.05, 0) is 63.1 Å². The van der Waals surface area contributed by atoms with Crippen LogP contribution in [0.4, 0.5) is 0 Å². The van der Waals surface area contributed by atoms with E-state index in [0.29, 0.717) is 18.2 Å². The van der Waals surface area contributed by atoms with E-state index in [1.54, 1.807) is 12.3 Å². The number of morpholine rings is 1. The second kappa shape index (κ2) is 11.8. The van der Waals surface area contributed by atoms with Crippen molar-refractivity contribution in [3.63, 3.8) is 0 Å². The van der Waals surface area contributed by atoms with E-state index in [1.165, 1.54) is 0 Å². The minimum Gasteiger partial charge on any atom is -0.493 e. The summed E-state index contributed by atoms with van der Waals surface area (Å²) in [5, 5.41) is 4.68. The molecule has 1 N–H and O–H groups in total. The van der Waals surface area contributed by atoms with Gasteiger partial charge >= 0.3 is 0 Å². The standard InChI is InChI=1S/C28H33ClN2O4/c1-4-34-27-20(3)28-24(25(18-35-28)21-6-8-22(29)9-7-21)17-23(27)19(2)16-26(32)30-10-5-11-31-12-14-33-15-13-31/h6-9,16-18H,4-5,10-15H2,1-3H3,(H,30,32)/b19-16+. The van der Waals surface area contributed by atoms with Crippen LogP contribution in [-0.2, 0) is 9.53 Å². The molecule has 1 amide bonds. The van der Waals surface area contributed by atoms with Crippen LogP contribution in [0.3, 0.4) is 0 Å². The van der Waals surface area contributed by atoms with Crippen LogP contribution in [0.2, 0.25) is 5.02 Å². The maximum absolute atomic E-state index is 12.7. The Balaban J connectivity index is 1.55. The number of benzene rings is 2. The number of amides is 1. The van der Waals surface area contributed by atoms with Crippen LogP contribution in [0.25, 0.3) is 27.7 Å². The highest BCUT2D eigenvalue weighted by atomic mass is 35.5. The Hall–Kier alpha value is -2.80. The molecule has 1 aliphatic heterocycles. The van der Waals surface area contributed by atoms with Crippen molar-refractivity contribution in [2.24, 2.45) is 0 Å². The number of halogens is 1. The zero-order valence-electron chi connectivity index (χ0n) is 20.7. The summed E-state index contributed by atoms with van der Waals surface area (Å²) in [6, 6.07) is 9.74. The van der Waals surface area contributed by atoms with Gasteiger partial charge in [-0.25, -0.2) is 0 Å². The lowest BCUT2D eigenvalue weighted by Crippen LogP contribution is -2.38. The first-order valence-corrected chi connectivity index (χ1v) is 12.6. The Morgan fingerprint density at radius 2 is 1.97 bits per heavy atom. The van der Waals surface area contributed by atoms with Gasteiger partial charge in [0.15, 0.2) is 0 Å². The maximum atomic E-state index is 12.7. The number of rotatable bonds is 9. The fourth-order valence-corrected chi connectivity index (χ4v) is 4.58. The summed E-state index contributed by atoms with van der Waals surface area (Å²) in [6.45, 7) is 11.5. The maximum Gasteiger partial charge on any atom is 0.244 e. The number of ether oxygens (including phenoxy) is 2. The summed E-state index contributed by atoms with van der Waals surface area (Å²) in [6.07, 6.45) is 4.33. The van der Waals surface area contributed by atoms with Crippen LogP contribution >= 0.6 is 11.6 Å². The number of aryl methyl sites for hydroxylation is 1. The lowest BCUT2D eigenvalue weighted by Gasteiger charge is -2.26.